The van der Waals surface area contributed by atoms with Crippen LogP contribution in [0.5, 0.6) is 0 Å². The molecular formula is C10H10ClNOS. The number of halogens is 1. The summed E-state index contributed by atoms with van der Waals surface area (Å²) < 4.78 is 0.573. The highest BCUT2D eigenvalue weighted by atomic mass is 35.5. The third kappa shape index (κ3) is 1.75. The maximum absolute atomic E-state index is 11.9. The maximum Gasteiger partial charge on any atom is 0.172 e. The third-order valence-electron chi connectivity index (χ3n) is 2.34. The van der Waals surface area contributed by atoms with Gasteiger partial charge in [0.25, 0.3) is 0 Å². The highest BCUT2D eigenvalue weighted by Crippen LogP contribution is 2.28. The minimum atomic E-state index is -0.0860. The number of carbonyl (C=O) groups excluding carboxylic acids is 1. The Bertz CT molecular complexity index is 385. The molecule has 0 aromatic carbocycles. The molecule has 0 saturated carbocycles. The molecule has 1 aliphatic carbocycles. The highest BCUT2D eigenvalue weighted by Gasteiger charge is 2.25. The molecule has 0 amide bonds. The van der Waals surface area contributed by atoms with Crippen molar-refractivity contribution in [2.75, 3.05) is 0 Å². The number of Topliss-reactive ketones (excluding diaryl/α,β-unsaturated/α-hetero) is 1. The van der Waals surface area contributed by atoms with Crippen LogP contribution >= 0.6 is 22.9 Å². The van der Waals surface area contributed by atoms with E-state index in [1.807, 2.05) is 17.5 Å². The molecule has 4 heteroatoms. The van der Waals surface area contributed by atoms with Crippen molar-refractivity contribution in [3.63, 3.8) is 0 Å². The summed E-state index contributed by atoms with van der Waals surface area (Å²) in [5, 5.41) is 1.83. The number of hydrogen-bond acceptors (Lipinski definition) is 3. The Labute approximate surface area is 91.4 Å². The molecule has 14 heavy (non-hydrogen) atoms. The largest absolute Gasteiger partial charge is 0.324 e. The average molecular weight is 228 g/mol. The van der Waals surface area contributed by atoms with E-state index < -0.39 is 0 Å². The van der Waals surface area contributed by atoms with Crippen LogP contribution in [0.1, 0.15) is 16.8 Å². The lowest BCUT2D eigenvalue weighted by Crippen LogP contribution is -2.18. The minimum Gasteiger partial charge on any atom is -0.324 e. The molecule has 2 unspecified atom stereocenters. The zero-order valence-electron chi connectivity index (χ0n) is 7.44. The Balaban J connectivity index is 2.18. The zero-order valence-corrected chi connectivity index (χ0v) is 9.02. The average Bonchev–Trinajstić information content (AvgIpc) is 2.73. The van der Waals surface area contributed by atoms with Crippen LogP contribution in [0.15, 0.2) is 23.6 Å². The first-order valence-electron chi connectivity index (χ1n) is 4.39. The second kappa shape index (κ2) is 3.85. The zero-order chi connectivity index (χ0) is 10.1. The molecule has 1 aliphatic rings. The van der Waals surface area contributed by atoms with E-state index in [1.54, 1.807) is 6.07 Å². The van der Waals surface area contributed by atoms with Gasteiger partial charge in [-0.15, -0.1) is 11.3 Å². The van der Waals surface area contributed by atoms with Crippen molar-refractivity contribution in [1.82, 2.24) is 0 Å². The summed E-state index contributed by atoms with van der Waals surface area (Å²) in [6.45, 7) is 0. The summed E-state index contributed by atoms with van der Waals surface area (Å²) in [7, 11) is 0. The third-order valence-corrected chi connectivity index (χ3v) is 3.51. The Kier molecular flexibility index (Phi) is 2.72. The van der Waals surface area contributed by atoms with Crippen molar-refractivity contribution >= 4 is 28.7 Å². The molecule has 1 aromatic rings. The lowest BCUT2D eigenvalue weighted by Gasteiger charge is -2.06. The fourth-order valence-electron chi connectivity index (χ4n) is 1.59. The van der Waals surface area contributed by atoms with Gasteiger partial charge in [-0.05, 0) is 17.9 Å². The molecule has 74 valence electrons. The van der Waals surface area contributed by atoms with Crippen LogP contribution in [0.25, 0.3) is 0 Å². The van der Waals surface area contributed by atoms with Crippen molar-refractivity contribution in [2.24, 2.45) is 11.7 Å². The molecule has 0 spiro atoms. The molecule has 2 rings (SSSR count). The van der Waals surface area contributed by atoms with Gasteiger partial charge in [0.1, 0.15) is 4.34 Å². The van der Waals surface area contributed by atoms with Gasteiger partial charge in [0.2, 0.25) is 0 Å². The summed E-state index contributed by atoms with van der Waals surface area (Å²) in [4.78, 5) is 11.9. The van der Waals surface area contributed by atoms with Crippen molar-refractivity contribution in [3.05, 3.63) is 33.5 Å². The molecule has 0 radical (unpaired) electrons. The van der Waals surface area contributed by atoms with E-state index in [4.69, 9.17) is 17.3 Å². The molecule has 0 saturated heterocycles. The number of carbonyl (C=O) groups is 1. The van der Waals surface area contributed by atoms with E-state index in [2.05, 4.69) is 0 Å². The van der Waals surface area contributed by atoms with Gasteiger partial charge < -0.3 is 5.73 Å². The molecule has 0 aliphatic heterocycles. The molecule has 2 atom stereocenters. The first-order valence-corrected chi connectivity index (χ1v) is 5.65. The molecule has 1 aromatic heterocycles. The number of nitrogens with two attached hydrogens (primary N) is 1. The van der Waals surface area contributed by atoms with E-state index >= 15 is 0 Å². The van der Waals surface area contributed by atoms with Gasteiger partial charge in [-0.3, -0.25) is 4.79 Å². The van der Waals surface area contributed by atoms with Crippen molar-refractivity contribution in [2.45, 2.75) is 12.5 Å². The smallest absolute Gasteiger partial charge is 0.172 e. The van der Waals surface area contributed by atoms with Crippen LogP contribution in [-0.2, 0) is 0 Å². The van der Waals surface area contributed by atoms with Gasteiger partial charge in [-0.25, -0.2) is 0 Å². The van der Waals surface area contributed by atoms with Crippen LogP contribution in [0.3, 0.4) is 0 Å². The van der Waals surface area contributed by atoms with Gasteiger partial charge in [0.05, 0.1) is 0 Å². The number of rotatable bonds is 2. The van der Waals surface area contributed by atoms with E-state index in [0.717, 1.165) is 0 Å². The summed E-state index contributed by atoms with van der Waals surface area (Å²) in [5.74, 6) is -0.00227. The summed E-state index contributed by atoms with van der Waals surface area (Å²) >= 11 is 7.27. The minimum absolute atomic E-state index is 0.0151. The predicted molar refractivity (Wildman–Crippen MR) is 58.9 cm³/mol. The van der Waals surface area contributed by atoms with Crippen molar-refractivity contribution < 1.29 is 4.79 Å². The normalized spacial score (nSPS) is 25.6. The van der Waals surface area contributed by atoms with E-state index in [9.17, 15) is 4.79 Å². The first kappa shape index (κ1) is 9.90. The Hall–Kier alpha value is -0.640. The molecule has 2 nitrogen and oxygen atoms in total. The lowest BCUT2D eigenvalue weighted by molar-refractivity contribution is 0.0943. The topological polar surface area (TPSA) is 43.1 Å². The fraction of sp³-hybridized carbons (Fsp3) is 0.300. The second-order valence-corrected chi connectivity index (χ2v) is 4.88. The molecular weight excluding hydrogens is 218 g/mol. The van der Waals surface area contributed by atoms with Gasteiger partial charge in [0, 0.05) is 17.5 Å². The summed E-state index contributed by atoms with van der Waals surface area (Å²) in [6, 6.07) is 1.79. The highest BCUT2D eigenvalue weighted by molar-refractivity contribution is 7.14. The Morgan fingerprint density at radius 2 is 2.36 bits per heavy atom. The Morgan fingerprint density at radius 1 is 1.57 bits per heavy atom. The molecule has 1 heterocycles. The number of ketones is 1. The van der Waals surface area contributed by atoms with Crippen molar-refractivity contribution in [3.8, 4) is 0 Å². The lowest BCUT2D eigenvalue weighted by atomic mass is 9.98. The van der Waals surface area contributed by atoms with Gasteiger partial charge >= 0.3 is 0 Å². The van der Waals surface area contributed by atoms with E-state index in [1.165, 1.54) is 11.3 Å². The quantitative estimate of drug-likeness (QED) is 0.623. The van der Waals surface area contributed by atoms with Gasteiger partial charge in [-0.1, -0.05) is 23.8 Å². The first-order chi connectivity index (χ1) is 6.68. The second-order valence-electron chi connectivity index (χ2n) is 3.36. The summed E-state index contributed by atoms with van der Waals surface area (Å²) in [5.41, 5.74) is 6.31. The van der Waals surface area contributed by atoms with E-state index in [-0.39, 0.29) is 17.7 Å². The van der Waals surface area contributed by atoms with Crippen LogP contribution < -0.4 is 5.73 Å². The number of allylic oxidation sites excluding steroid dienone is 1. The van der Waals surface area contributed by atoms with Crippen molar-refractivity contribution in [1.29, 1.82) is 0 Å². The summed E-state index contributed by atoms with van der Waals surface area (Å²) in [6.07, 6.45) is 4.45. The predicted octanol–water partition coefficient (Wildman–Crippen LogP) is 2.49. The van der Waals surface area contributed by atoms with Crippen LogP contribution in [-0.4, -0.2) is 11.8 Å². The Morgan fingerprint density at radius 3 is 2.86 bits per heavy atom. The fourth-order valence-corrected chi connectivity index (χ4v) is 2.52. The number of thiophene rings is 1. The van der Waals surface area contributed by atoms with Crippen LogP contribution in [0, 0.1) is 5.92 Å². The van der Waals surface area contributed by atoms with E-state index in [0.29, 0.717) is 16.3 Å². The molecule has 2 N–H and O–H groups in total. The van der Waals surface area contributed by atoms with Crippen LogP contribution in [0.4, 0.5) is 0 Å². The SMILES string of the molecule is NC1C=CC(C(=O)c2ccsc2Cl)C1. The standard InChI is InChI=1S/C10H10ClNOS/c11-10-8(3-4-14-10)9(13)6-1-2-7(12)5-6/h1-4,6-7H,5,12H2. The monoisotopic (exact) mass is 227 g/mol. The maximum atomic E-state index is 11.9. The van der Waals surface area contributed by atoms with Gasteiger partial charge in [0.15, 0.2) is 5.78 Å². The van der Waals surface area contributed by atoms with Gasteiger partial charge in [-0.2, -0.15) is 0 Å². The molecule has 0 bridgehead atoms. The molecule has 0 fully saturated rings. The van der Waals surface area contributed by atoms with Crippen LogP contribution in [0.2, 0.25) is 4.34 Å². The number of hydrogen-bond donors (Lipinski definition) is 1.